The highest BCUT2D eigenvalue weighted by Gasteiger charge is 2.32. The molecule has 123 valence electrons. The SMILES string of the molecule is [CH2]CCCC(CCCCCC)(c1ccccc1)c1ccccc1. The van der Waals surface area contributed by atoms with Gasteiger partial charge in [-0.05, 0) is 24.0 Å². The van der Waals surface area contributed by atoms with E-state index in [9.17, 15) is 0 Å². The zero-order chi connectivity index (χ0) is 16.4. The van der Waals surface area contributed by atoms with Crippen LogP contribution < -0.4 is 0 Å². The Balaban J connectivity index is 2.36. The third-order valence-corrected chi connectivity index (χ3v) is 4.96. The Morgan fingerprint density at radius 3 is 1.70 bits per heavy atom. The highest BCUT2D eigenvalue weighted by atomic mass is 14.4. The predicted octanol–water partition coefficient (Wildman–Crippen LogP) is 6.95. The normalized spacial score (nSPS) is 11.6. The highest BCUT2D eigenvalue weighted by Crippen LogP contribution is 2.41. The molecule has 0 N–H and O–H groups in total. The van der Waals surface area contributed by atoms with Crippen molar-refractivity contribution in [2.24, 2.45) is 0 Å². The summed E-state index contributed by atoms with van der Waals surface area (Å²) in [6.45, 7) is 6.37. The summed E-state index contributed by atoms with van der Waals surface area (Å²) in [5, 5.41) is 0. The molecule has 0 aliphatic carbocycles. The fourth-order valence-corrected chi connectivity index (χ4v) is 3.66. The molecular weight excluding hydrogens is 276 g/mol. The van der Waals surface area contributed by atoms with Crippen LogP contribution in [0.25, 0.3) is 0 Å². The van der Waals surface area contributed by atoms with Crippen LogP contribution >= 0.6 is 0 Å². The highest BCUT2D eigenvalue weighted by molar-refractivity contribution is 5.39. The van der Waals surface area contributed by atoms with Crippen molar-refractivity contribution in [1.82, 2.24) is 0 Å². The van der Waals surface area contributed by atoms with Gasteiger partial charge in [-0.15, -0.1) is 0 Å². The first-order chi connectivity index (χ1) is 11.3. The van der Waals surface area contributed by atoms with Crippen LogP contribution in [0.4, 0.5) is 0 Å². The van der Waals surface area contributed by atoms with Crippen molar-refractivity contribution in [2.75, 3.05) is 0 Å². The molecule has 0 saturated heterocycles. The van der Waals surface area contributed by atoms with Crippen LogP contribution in [0.1, 0.15) is 69.4 Å². The van der Waals surface area contributed by atoms with Gasteiger partial charge in [-0.1, -0.05) is 113 Å². The first kappa shape index (κ1) is 17.8. The van der Waals surface area contributed by atoms with Gasteiger partial charge in [0.2, 0.25) is 0 Å². The largest absolute Gasteiger partial charge is 0.0654 e. The lowest BCUT2D eigenvalue weighted by Crippen LogP contribution is -2.28. The van der Waals surface area contributed by atoms with E-state index in [0.717, 1.165) is 6.42 Å². The van der Waals surface area contributed by atoms with Gasteiger partial charge in [0.05, 0.1) is 0 Å². The molecule has 0 heteroatoms. The minimum atomic E-state index is 0.147. The molecular formula is C23H31. The predicted molar refractivity (Wildman–Crippen MR) is 102 cm³/mol. The molecule has 0 aliphatic heterocycles. The average molecular weight is 308 g/mol. The second-order valence-electron chi connectivity index (χ2n) is 6.58. The summed E-state index contributed by atoms with van der Waals surface area (Å²) in [5.74, 6) is 0. The summed E-state index contributed by atoms with van der Waals surface area (Å²) >= 11 is 0. The number of rotatable bonds is 10. The second-order valence-corrected chi connectivity index (χ2v) is 6.58. The van der Waals surface area contributed by atoms with E-state index in [1.54, 1.807) is 0 Å². The molecule has 0 fully saturated rings. The molecule has 0 saturated carbocycles. The summed E-state index contributed by atoms with van der Waals surface area (Å²) in [4.78, 5) is 0. The third kappa shape index (κ3) is 4.70. The standard InChI is InChI=1S/C23H31/c1-3-5-7-14-20-23(19-6-4-2,21-15-10-8-11-16-21)22-17-12-9-13-18-22/h8-13,15-18H,2-7,14,19-20H2,1H3. The number of unbranched alkanes of at least 4 members (excludes halogenated alkanes) is 4. The molecule has 0 unspecified atom stereocenters. The monoisotopic (exact) mass is 307 g/mol. The van der Waals surface area contributed by atoms with Gasteiger partial charge in [-0.2, -0.15) is 0 Å². The lowest BCUT2D eigenvalue weighted by atomic mass is 9.68. The third-order valence-electron chi connectivity index (χ3n) is 4.96. The Bertz CT molecular complexity index is 487. The maximum atomic E-state index is 4.09. The van der Waals surface area contributed by atoms with Crippen LogP contribution in [-0.2, 0) is 5.41 Å². The van der Waals surface area contributed by atoms with Gasteiger partial charge in [0.25, 0.3) is 0 Å². The van der Waals surface area contributed by atoms with Crippen molar-refractivity contribution in [1.29, 1.82) is 0 Å². The maximum absolute atomic E-state index is 4.09. The van der Waals surface area contributed by atoms with E-state index < -0.39 is 0 Å². The maximum Gasteiger partial charge on any atom is 0.0202 e. The summed E-state index contributed by atoms with van der Waals surface area (Å²) in [7, 11) is 0. The van der Waals surface area contributed by atoms with Crippen molar-refractivity contribution in [2.45, 2.75) is 63.7 Å². The Labute approximate surface area is 143 Å². The van der Waals surface area contributed by atoms with Crippen molar-refractivity contribution in [3.05, 3.63) is 78.7 Å². The molecule has 23 heavy (non-hydrogen) atoms. The van der Waals surface area contributed by atoms with E-state index >= 15 is 0 Å². The van der Waals surface area contributed by atoms with Crippen molar-refractivity contribution in [3.63, 3.8) is 0 Å². The van der Waals surface area contributed by atoms with E-state index in [4.69, 9.17) is 0 Å². The lowest BCUT2D eigenvalue weighted by molar-refractivity contribution is 0.402. The van der Waals surface area contributed by atoms with Gasteiger partial charge < -0.3 is 0 Å². The van der Waals surface area contributed by atoms with E-state index in [1.807, 2.05) is 0 Å². The molecule has 2 aromatic carbocycles. The molecule has 0 nitrogen and oxygen atoms in total. The molecule has 0 spiro atoms. The van der Waals surface area contributed by atoms with Gasteiger partial charge in [0.1, 0.15) is 0 Å². The summed E-state index contributed by atoms with van der Waals surface area (Å²) < 4.78 is 0. The quantitative estimate of drug-likeness (QED) is 0.417. The van der Waals surface area contributed by atoms with Crippen molar-refractivity contribution in [3.8, 4) is 0 Å². The Morgan fingerprint density at radius 2 is 1.22 bits per heavy atom. The van der Waals surface area contributed by atoms with Crippen LogP contribution in [0.2, 0.25) is 0 Å². The van der Waals surface area contributed by atoms with Gasteiger partial charge in [0.15, 0.2) is 0 Å². The summed E-state index contributed by atoms with van der Waals surface area (Å²) in [5.41, 5.74) is 3.08. The lowest BCUT2D eigenvalue weighted by Gasteiger charge is -2.36. The Kier molecular flexibility index (Phi) is 7.39. The zero-order valence-electron chi connectivity index (χ0n) is 14.6. The zero-order valence-corrected chi connectivity index (χ0v) is 14.6. The fourth-order valence-electron chi connectivity index (χ4n) is 3.66. The average Bonchev–Trinajstić information content (AvgIpc) is 2.63. The molecule has 0 bridgehead atoms. The molecule has 0 aromatic heterocycles. The number of hydrogen-bond acceptors (Lipinski definition) is 0. The van der Waals surface area contributed by atoms with Crippen LogP contribution in [0.3, 0.4) is 0 Å². The molecule has 2 rings (SSSR count). The van der Waals surface area contributed by atoms with Crippen LogP contribution in [0.5, 0.6) is 0 Å². The molecule has 1 radical (unpaired) electrons. The summed E-state index contributed by atoms with van der Waals surface area (Å²) in [6.07, 6.45) is 9.89. The Hall–Kier alpha value is -1.56. The first-order valence-corrected chi connectivity index (χ1v) is 9.24. The first-order valence-electron chi connectivity index (χ1n) is 9.24. The van der Waals surface area contributed by atoms with Crippen LogP contribution in [0.15, 0.2) is 60.7 Å². The minimum absolute atomic E-state index is 0.147. The fraction of sp³-hybridized carbons (Fsp3) is 0.435. The molecule has 0 atom stereocenters. The minimum Gasteiger partial charge on any atom is -0.0654 e. The molecule has 2 aromatic rings. The van der Waals surface area contributed by atoms with E-state index in [2.05, 4.69) is 74.5 Å². The summed E-state index contributed by atoms with van der Waals surface area (Å²) in [6, 6.07) is 22.2. The Morgan fingerprint density at radius 1 is 0.696 bits per heavy atom. The van der Waals surface area contributed by atoms with Crippen molar-refractivity contribution >= 4 is 0 Å². The number of hydrogen-bond donors (Lipinski definition) is 0. The molecule has 0 amide bonds. The van der Waals surface area contributed by atoms with Gasteiger partial charge in [-0.25, -0.2) is 0 Å². The van der Waals surface area contributed by atoms with Crippen LogP contribution in [-0.4, -0.2) is 0 Å². The van der Waals surface area contributed by atoms with Gasteiger partial charge in [-0.3, -0.25) is 0 Å². The van der Waals surface area contributed by atoms with E-state index in [1.165, 1.54) is 56.1 Å². The second kappa shape index (κ2) is 9.55. The van der Waals surface area contributed by atoms with Gasteiger partial charge >= 0.3 is 0 Å². The van der Waals surface area contributed by atoms with E-state index in [0.29, 0.717) is 0 Å². The topological polar surface area (TPSA) is 0 Å². The molecule has 0 aliphatic rings. The smallest absolute Gasteiger partial charge is 0.0202 e. The molecule has 0 heterocycles. The van der Waals surface area contributed by atoms with Crippen molar-refractivity contribution < 1.29 is 0 Å². The number of benzene rings is 2. The van der Waals surface area contributed by atoms with Crippen LogP contribution in [0, 0.1) is 6.92 Å². The van der Waals surface area contributed by atoms with Gasteiger partial charge in [0, 0.05) is 5.41 Å². The van der Waals surface area contributed by atoms with E-state index in [-0.39, 0.29) is 5.41 Å².